The smallest absolute Gasteiger partial charge is 0.326 e. The molecule has 2 N–H and O–H groups in total. The van der Waals surface area contributed by atoms with Crippen molar-refractivity contribution in [1.29, 1.82) is 0 Å². The molecule has 0 unspecified atom stereocenters. The normalized spacial score (nSPS) is 12.2. The molecule has 0 radical (unpaired) electrons. The van der Waals surface area contributed by atoms with Crippen LogP contribution in [0.4, 0.5) is 0 Å². The second-order valence-corrected chi connectivity index (χ2v) is 5.29. The highest BCUT2D eigenvalue weighted by Gasteiger charge is 2.23. The monoisotopic (exact) mass is 347 g/mol. The van der Waals surface area contributed by atoms with Gasteiger partial charge in [-0.1, -0.05) is 13.8 Å². The van der Waals surface area contributed by atoms with E-state index < -0.39 is 12.0 Å². The third-order valence-electron chi connectivity index (χ3n) is 2.33. The van der Waals surface area contributed by atoms with E-state index in [1.54, 1.807) is 38.1 Å². The summed E-state index contributed by atoms with van der Waals surface area (Å²) in [6.45, 7) is 3.51. The molecule has 1 aromatic rings. The zero-order valence-electron chi connectivity index (χ0n) is 9.61. The summed E-state index contributed by atoms with van der Waals surface area (Å²) in [5.41, 5.74) is 0.470. The fraction of sp³-hybridized carbons (Fsp3) is 0.333. The van der Waals surface area contributed by atoms with E-state index in [0.29, 0.717) is 5.56 Å². The molecule has 0 aromatic heterocycles. The van der Waals surface area contributed by atoms with E-state index in [0.717, 1.165) is 3.57 Å². The molecule has 0 heterocycles. The third kappa shape index (κ3) is 3.99. The summed E-state index contributed by atoms with van der Waals surface area (Å²) in [4.78, 5) is 22.7. The van der Waals surface area contributed by atoms with Crippen molar-refractivity contribution in [3.8, 4) is 0 Å². The van der Waals surface area contributed by atoms with Gasteiger partial charge in [-0.2, -0.15) is 0 Å². The van der Waals surface area contributed by atoms with Crippen LogP contribution in [0.5, 0.6) is 0 Å². The minimum Gasteiger partial charge on any atom is -0.480 e. The van der Waals surface area contributed by atoms with Gasteiger partial charge in [-0.3, -0.25) is 4.79 Å². The van der Waals surface area contributed by atoms with Gasteiger partial charge in [0.2, 0.25) is 0 Å². The Morgan fingerprint density at radius 1 is 1.24 bits per heavy atom. The first kappa shape index (κ1) is 14.0. The van der Waals surface area contributed by atoms with E-state index in [-0.39, 0.29) is 11.8 Å². The predicted molar refractivity (Wildman–Crippen MR) is 72.9 cm³/mol. The van der Waals surface area contributed by atoms with Gasteiger partial charge >= 0.3 is 5.97 Å². The zero-order chi connectivity index (χ0) is 13.0. The summed E-state index contributed by atoms with van der Waals surface area (Å²) in [6, 6.07) is 6.11. The minimum atomic E-state index is -1.01. The van der Waals surface area contributed by atoms with Gasteiger partial charge in [-0.15, -0.1) is 0 Å². The lowest BCUT2D eigenvalue weighted by atomic mass is 10.0. The van der Waals surface area contributed by atoms with E-state index in [1.807, 2.05) is 0 Å². The number of carboxylic acids is 1. The highest BCUT2D eigenvalue weighted by atomic mass is 127. The molecule has 92 valence electrons. The fourth-order valence-electron chi connectivity index (χ4n) is 1.34. The van der Waals surface area contributed by atoms with Gasteiger partial charge in [0.1, 0.15) is 6.04 Å². The molecule has 0 aliphatic heterocycles. The Bertz CT molecular complexity index is 414. The lowest BCUT2D eigenvalue weighted by Gasteiger charge is -2.17. The summed E-state index contributed by atoms with van der Waals surface area (Å²) < 4.78 is 1.03. The lowest BCUT2D eigenvalue weighted by molar-refractivity contribution is -0.140. The van der Waals surface area contributed by atoms with Crippen LogP contribution in [0.1, 0.15) is 24.2 Å². The molecule has 0 aliphatic carbocycles. The Kier molecular flexibility index (Phi) is 4.92. The van der Waals surface area contributed by atoms with E-state index >= 15 is 0 Å². The zero-order valence-corrected chi connectivity index (χ0v) is 11.8. The van der Waals surface area contributed by atoms with Gasteiger partial charge in [0.25, 0.3) is 5.91 Å². The maximum atomic E-state index is 11.8. The molecule has 0 saturated carbocycles. The largest absolute Gasteiger partial charge is 0.480 e. The first-order valence-corrected chi connectivity index (χ1v) is 6.29. The van der Waals surface area contributed by atoms with Crippen molar-refractivity contribution >= 4 is 34.5 Å². The summed E-state index contributed by atoms with van der Waals surface area (Å²) >= 11 is 2.14. The number of halogens is 1. The van der Waals surface area contributed by atoms with Crippen LogP contribution in [-0.4, -0.2) is 23.0 Å². The van der Waals surface area contributed by atoms with Crippen molar-refractivity contribution in [1.82, 2.24) is 5.32 Å². The van der Waals surface area contributed by atoms with Crippen LogP contribution in [-0.2, 0) is 4.79 Å². The Morgan fingerprint density at radius 3 is 2.18 bits per heavy atom. The highest BCUT2D eigenvalue weighted by molar-refractivity contribution is 14.1. The van der Waals surface area contributed by atoms with Crippen molar-refractivity contribution in [2.45, 2.75) is 19.9 Å². The average molecular weight is 347 g/mol. The Morgan fingerprint density at radius 2 is 1.76 bits per heavy atom. The number of carboxylic acid groups (broad SMARTS) is 1. The second-order valence-electron chi connectivity index (χ2n) is 4.04. The third-order valence-corrected chi connectivity index (χ3v) is 3.04. The quantitative estimate of drug-likeness (QED) is 0.820. The van der Waals surface area contributed by atoms with E-state index in [1.165, 1.54) is 0 Å². The molecule has 1 atom stereocenters. The van der Waals surface area contributed by atoms with Gasteiger partial charge in [0.05, 0.1) is 0 Å². The van der Waals surface area contributed by atoms with Gasteiger partial charge in [-0.05, 0) is 52.8 Å². The molecular formula is C12H14INO3. The van der Waals surface area contributed by atoms with E-state index in [9.17, 15) is 9.59 Å². The van der Waals surface area contributed by atoms with Crippen LogP contribution < -0.4 is 5.32 Å². The van der Waals surface area contributed by atoms with Crippen molar-refractivity contribution in [3.05, 3.63) is 33.4 Å². The number of aliphatic carboxylic acids is 1. The number of rotatable bonds is 4. The summed E-state index contributed by atoms with van der Waals surface area (Å²) in [5.74, 6) is -1.53. The SMILES string of the molecule is CC(C)[C@@H](NC(=O)c1ccc(I)cc1)C(=O)O. The van der Waals surface area contributed by atoms with Crippen LogP contribution in [0.25, 0.3) is 0 Å². The topological polar surface area (TPSA) is 66.4 Å². The van der Waals surface area contributed by atoms with Crippen molar-refractivity contribution in [2.24, 2.45) is 5.92 Å². The molecule has 1 rings (SSSR count). The minimum absolute atomic E-state index is 0.153. The molecular weight excluding hydrogens is 333 g/mol. The maximum absolute atomic E-state index is 11.8. The maximum Gasteiger partial charge on any atom is 0.326 e. The molecule has 4 nitrogen and oxygen atoms in total. The molecule has 0 saturated heterocycles. The van der Waals surface area contributed by atoms with Crippen LogP contribution in [0, 0.1) is 9.49 Å². The Hall–Kier alpha value is -1.11. The van der Waals surface area contributed by atoms with Gasteiger partial charge in [-0.25, -0.2) is 4.79 Å². The molecule has 17 heavy (non-hydrogen) atoms. The number of nitrogens with one attached hydrogen (secondary N) is 1. The van der Waals surface area contributed by atoms with Gasteiger partial charge < -0.3 is 10.4 Å². The van der Waals surface area contributed by atoms with Crippen molar-refractivity contribution in [2.75, 3.05) is 0 Å². The Labute approximate surface area is 114 Å². The highest BCUT2D eigenvalue weighted by Crippen LogP contribution is 2.08. The fourth-order valence-corrected chi connectivity index (χ4v) is 1.70. The number of carbonyl (C=O) groups is 2. The second kappa shape index (κ2) is 6.00. The summed E-state index contributed by atoms with van der Waals surface area (Å²) in [5, 5.41) is 11.5. The van der Waals surface area contributed by atoms with Crippen LogP contribution in [0.15, 0.2) is 24.3 Å². The molecule has 0 bridgehead atoms. The number of amides is 1. The van der Waals surface area contributed by atoms with Crippen molar-refractivity contribution < 1.29 is 14.7 Å². The molecule has 0 aliphatic rings. The first-order valence-electron chi connectivity index (χ1n) is 5.21. The van der Waals surface area contributed by atoms with Crippen molar-refractivity contribution in [3.63, 3.8) is 0 Å². The molecule has 0 spiro atoms. The molecule has 1 aromatic carbocycles. The molecule has 5 heteroatoms. The number of hydrogen-bond acceptors (Lipinski definition) is 2. The summed E-state index contributed by atoms with van der Waals surface area (Å²) in [6.07, 6.45) is 0. The number of hydrogen-bond donors (Lipinski definition) is 2. The Balaban J connectivity index is 2.77. The molecule has 1 amide bonds. The average Bonchev–Trinajstić information content (AvgIpc) is 2.25. The predicted octanol–water partition coefficient (Wildman–Crippen LogP) is 2.13. The first-order chi connectivity index (χ1) is 7.91. The molecule has 0 fully saturated rings. The summed E-state index contributed by atoms with van der Waals surface area (Å²) in [7, 11) is 0. The van der Waals surface area contributed by atoms with E-state index in [4.69, 9.17) is 5.11 Å². The van der Waals surface area contributed by atoms with Gasteiger partial charge in [0.15, 0.2) is 0 Å². The lowest BCUT2D eigenvalue weighted by Crippen LogP contribution is -2.44. The number of carbonyl (C=O) groups excluding carboxylic acids is 1. The van der Waals surface area contributed by atoms with Gasteiger partial charge in [0, 0.05) is 9.13 Å². The van der Waals surface area contributed by atoms with Crippen LogP contribution in [0.2, 0.25) is 0 Å². The number of benzene rings is 1. The standard InChI is InChI=1S/C12H14INO3/c1-7(2)10(12(16)17)14-11(15)8-3-5-9(13)6-4-8/h3-7,10H,1-2H3,(H,14,15)(H,16,17)/t10-/m1/s1. The van der Waals surface area contributed by atoms with E-state index in [2.05, 4.69) is 27.9 Å². The van der Waals surface area contributed by atoms with Crippen LogP contribution >= 0.6 is 22.6 Å². The van der Waals surface area contributed by atoms with Crippen LogP contribution in [0.3, 0.4) is 0 Å².